The molecule has 2 unspecified atom stereocenters. The average Bonchev–Trinajstić information content (AvgIpc) is 3.55. The van der Waals surface area contributed by atoms with E-state index in [2.05, 4.69) is 0 Å². The van der Waals surface area contributed by atoms with Crippen LogP contribution in [-0.4, -0.2) is 47.0 Å². The van der Waals surface area contributed by atoms with Gasteiger partial charge in [-0.1, -0.05) is 65.7 Å². The van der Waals surface area contributed by atoms with Gasteiger partial charge in [0, 0.05) is 10.9 Å². The molecule has 176 valence electrons. The van der Waals surface area contributed by atoms with Crippen LogP contribution in [0, 0.1) is 6.92 Å². The number of nitrogens with zero attached hydrogens (tertiary/aromatic N) is 1. The average molecular weight is 500 g/mol. The maximum atomic E-state index is 13.6. The number of aryl methyl sites for hydroxylation is 1. The summed E-state index contributed by atoms with van der Waals surface area (Å²) in [6.07, 6.45) is -0.0127. The van der Waals surface area contributed by atoms with E-state index in [1.165, 1.54) is 12.1 Å². The molecular formula is C25H22ClNO6S. The third-order valence-electron chi connectivity index (χ3n) is 6.09. The van der Waals surface area contributed by atoms with E-state index in [1.807, 2.05) is 13.0 Å². The van der Waals surface area contributed by atoms with Crippen LogP contribution in [0.3, 0.4) is 0 Å². The topological polar surface area (TPSA) is 112 Å². The van der Waals surface area contributed by atoms with Gasteiger partial charge in [0.1, 0.15) is 12.1 Å². The Morgan fingerprint density at radius 2 is 1.59 bits per heavy atom. The minimum atomic E-state index is -4.44. The predicted octanol–water partition coefficient (Wildman–Crippen LogP) is 4.40. The van der Waals surface area contributed by atoms with Gasteiger partial charge in [0.2, 0.25) is 10.0 Å². The molecule has 3 aromatic carbocycles. The van der Waals surface area contributed by atoms with Crippen LogP contribution in [0.15, 0.2) is 77.7 Å². The number of rotatable bonds is 8. The van der Waals surface area contributed by atoms with Gasteiger partial charge < -0.3 is 10.2 Å². The Hall–Kier alpha value is -3.20. The first-order valence-electron chi connectivity index (χ1n) is 10.5. The van der Waals surface area contributed by atoms with Crippen LogP contribution >= 0.6 is 11.6 Å². The van der Waals surface area contributed by atoms with Crippen molar-refractivity contribution in [1.82, 2.24) is 4.31 Å². The van der Waals surface area contributed by atoms with Crippen molar-refractivity contribution in [2.75, 3.05) is 6.54 Å². The molecule has 1 aliphatic carbocycles. The van der Waals surface area contributed by atoms with E-state index < -0.39 is 40.0 Å². The van der Waals surface area contributed by atoms with Crippen LogP contribution < -0.4 is 0 Å². The summed E-state index contributed by atoms with van der Waals surface area (Å²) in [5.74, 6) is -3.47. The van der Waals surface area contributed by atoms with Gasteiger partial charge in [0.25, 0.3) is 0 Å². The molecule has 0 aromatic heterocycles. The summed E-state index contributed by atoms with van der Waals surface area (Å²) in [5.41, 5.74) is 1.23. The molecule has 1 fully saturated rings. The van der Waals surface area contributed by atoms with Gasteiger partial charge in [0.05, 0.1) is 4.90 Å². The summed E-state index contributed by atoms with van der Waals surface area (Å²) >= 11 is 5.92. The largest absolute Gasteiger partial charge is 0.480 e. The highest BCUT2D eigenvalue weighted by Gasteiger charge is 2.68. The van der Waals surface area contributed by atoms with Crippen molar-refractivity contribution in [3.8, 4) is 11.1 Å². The molecule has 0 aliphatic heterocycles. The van der Waals surface area contributed by atoms with Crippen LogP contribution in [0.5, 0.6) is 0 Å². The molecule has 0 heterocycles. The first kappa shape index (κ1) is 23.9. The highest BCUT2D eigenvalue weighted by molar-refractivity contribution is 7.89. The fraction of sp³-hybridized carbons (Fsp3) is 0.200. The summed E-state index contributed by atoms with van der Waals surface area (Å²) in [6, 6.07) is 20.0. The number of carboxylic acid groups (broad SMARTS) is 2. The van der Waals surface area contributed by atoms with Gasteiger partial charge in [-0.05, 0) is 54.3 Å². The number of halogens is 1. The van der Waals surface area contributed by atoms with E-state index in [-0.39, 0.29) is 11.3 Å². The van der Waals surface area contributed by atoms with Crippen LogP contribution in [0.4, 0.5) is 0 Å². The molecule has 0 saturated heterocycles. The van der Waals surface area contributed by atoms with E-state index in [0.29, 0.717) is 14.9 Å². The SMILES string of the molecule is Cc1cccc(C2CC2(C(=O)O)N(CC(=O)O)S(=O)(=O)c2ccc(-c3ccc(Cl)cc3)cc2)c1. The van der Waals surface area contributed by atoms with E-state index >= 15 is 0 Å². The van der Waals surface area contributed by atoms with Crippen molar-refractivity contribution in [1.29, 1.82) is 0 Å². The number of aliphatic carboxylic acids is 2. The smallest absolute Gasteiger partial charge is 0.325 e. The van der Waals surface area contributed by atoms with Crippen LogP contribution in [0.2, 0.25) is 5.02 Å². The van der Waals surface area contributed by atoms with Crippen LogP contribution in [0.25, 0.3) is 11.1 Å². The van der Waals surface area contributed by atoms with E-state index in [1.54, 1.807) is 54.6 Å². The predicted molar refractivity (Wildman–Crippen MR) is 127 cm³/mol. The lowest BCUT2D eigenvalue weighted by Crippen LogP contribution is -2.50. The lowest BCUT2D eigenvalue weighted by Gasteiger charge is -2.28. The van der Waals surface area contributed by atoms with Crippen LogP contribution in [0.1, 0.15) is 23.5 Å². The molecule has 0 radical (unpaired) electrons. The molecule has 2 N–H and O–H groups in total. The molecule has 4 rings (SSSR count). The molecule has 7 nitrogen and oxygen atoms in total. The second-order valence-electron chi connectivity index (χ2n) is 8.34. The van der Waals surface area contributed by atoms with Gasteiger partial charge in [-0.25, -0.2) is 8.42 Å². The van der Waals surface area contributed by atoms with Crippen molar-refractivity contribution < 1.29 is 28.2 Å². The summed E-state index contributed by atoms with van der Waals surface area (Å²) in [7, 11) is -4.44. The lowest BCUT2D eigenvalue weighted by molar-refractivity contribution is -0.145. The van der Waals surface area contributed by atoms with Crippen molar-refractivity contribution in [3.05, 3.63) is 88.9 Å². The lowest BCUT2D eigenvalue weighted by atomic mass is 10.0. The summed E-state index contributed by atoms with van der Waals surface area (Å²) in [5, 5.41) is 20.1. The fourth-order valence-electron chi connectivity index (χ4n) is 4.30. The monoisotopic (exact) mass is 499 g/mol. The number of hydrogen-bond acceptors (Lipinski definition) is 4. The number of benzene rings is 3. The summed E-state index contributed by atoms with van der Waals surface area (Å²) in [4.78, 5) is 23.9. The van der Waals surface area contributed by atoms with E-state index in [9.17, 15) is 28.2 Å². The normalized spacial score (nSPS) is 19.7. The van der Waals surface area contributed by atoms with Crippen molar-refractivity contribution in [3.63, 3.8) is 0 Å². The standard InChI is InChI=1S/C25H22ClNO6S/c1-16-3-2-4-19(13-16)22-14-25(22,24(30)31)27(15-23(28)29)34(32,33)21-11-7-18(8-12-21)17-5-9-20(26)10-6-17/h2-13,22H,14-15H2,1H3,(H,28,29)(H,30,31). The highest BCUT2D eigenvalue weighted by Crippen LogP contribution is 2.57. The minimum Gasteiger partial charge on any atom is -0.480 e. The molecular weight excluding hydrogens is 478 g/mol. The zero-order valence-electron chi connectivity index (χ0n) is 18.2. The zero-order valence-corrected chi connectivity index (χ0v) is 19.8. The molecule has 0 spiro atoms. The molecule has 2 atom stereocenters. The number of sulfonamides is 1. The molecule has 34 heavy (non-hydrogen) atoms. The second-order valence-corrected chi connectivity index (χ2v) is 10.6. The summed E-state index contributed by atoms with van der Waals surface area (Å²) < 4.78 is 27.8. The molecule has 1 saturated carbocycles. The van der Waals surface area contributed by atoms with Crippen molar-refractivity contribution >= 4 is 33.6 Å². The highest BCUT2D eigenvalue weighted by atomic mass is 35.5. The third-order valence-corrected chi connectivity index (χ3v) is 8.25. The second kappa shape index (κ2) is 8.87. The third kappa shape index (κ3) is 4.32. The van der Waals surface area contributed by atoms with Gasteiger partial charge in [-0.15, -0.1) is 0 Å². The Bertz CT molecular complexity index is 1350. The van der Waals surface area contributed by atoms with Gasteiger partial charge in [-0.3, -0.25) is 9.59 Å². The Balaban J connectivity index is 1.73. The van der Waals surface area contributed by atoms with Gasteiger partial charge in [-0.2, -0.15) is 4.31 Å². The number of carbonyl (C=O) groups is 2. The first-order chi connectivity index (χ1) is 16.1. The van der Waals surface area contributed by atoms with Gasteiger partial charge >= 0.3 is 11.9 Å². The van der Waals surface area contributed by atoms with E-state index in [4.69, 9.17) is 11.6 Å². The number of carboxylic acids is 2. The van der Waals surface area contributed by atoms with Gasteiger partial charge in [0.15, 0.2) is 0 Å². The Kier molecular flexibility index (Phi) is 6.24. The zero-order chi connectivity index (χ0) is 24.7. The quantitative estimate of drug-likeness (QED) is 0.475. The molecule has 9 heteroatoms. The molecule has 0 amide bonds. The first-order valence-corrected chi connectivity index (χ1v) is 12.3. The maximum absolute atomic E-state index is 13.6. The Labute approximate surface area is 202 Å². The molecule has 1 aliphatic rings. The molecule has 3 aromatic rings. The van der Waals surface area contributed by atoms with Crippen molar-refractivity contribution in [2.24, 2.45) is 0 Å². The molecule has 0 bridgehead atoms. The summed E-state index contributed by atoms with van der Waals surface area (Å²) in [6.45, 7) is 0.887. The van der Waals surface area contributed by atoms with Crippen LogP contribution in [-0.2, 0) is 19.6 Å². The minimum absolute atomic E-state index is 0.0127. The fourth-order valence-corrected chi connectivity index (χ4v) is 6.15. The van der Waals surface area contributed by atoms with E-state index in [0.717, 1.165) is 16.7 Å². The number of hydrogen-bond donors (Lipinski definition) is 2. The Morgan fingerprint density at radius 3 is 2.12 bits per heavy atom. The maximum Gasteiger partial charge on any atom is 0.325 e. The van der Waals surface area contributed by atoms with Crippen molar-refractivity contribution in [2.45, 2.75) is 29.7 Å². The Morgan fingerprint density at radius 1 is 1.00 bits per heavy atom.